The fourth-order valence-electron chi connectivity index (χ4n) is 3.70. The summed E-state index contributed by atoms with van der Waals surface area (Å²) in [7, 11) is 0. The third-order valence-electron chi connectivity index (χ3n) is 5.13. The van der Waals surface area contributed by atoms with Gasteiger partial charge in [-0.05, 0) is 78.8 Å². The van der Waals surface area contributed by atoms with E-state index in [1.807, 2.05) is 45.0 Å². The number of hydrogen-bond donors (Lipinski definition) is 0. The monoisotopic (exact) mass is 378 g/mol. The van der Waals surface area contributed by atoms with Gasteiger partial charge >= 0.3 is 0 Å². The smallest absolute Gasteiger partial charge is 0.214 e. The minimum absolute atomic E-state index is 0.116. The highest BCUT2D eigenvalue weighted by atomic mass is 32.2. The van der Waals surface area contributed by atoms with Crippen LogP contribution in [0, 0.1) is 13.8 Å². The molecule has 27 heavy (non-hydrogen) atoms. The highest BCUT2D eigenvalue weighted by Gasteiger charge is 2.23. The molecule has 5 nitrogen and oxygen atoms in total. The molecule has 0 radical (unpaired) electrons. The van der Waals surface area contributed by atoms with Gasteiger partial charge in [-0.3, -0.25) is 4.79 Å². The standard InChI is InChI=1S/C21H22N4OS/c1-13-6-4-7-14(2)19(13)25-21(22-23-24-25)27-15(3)20(26)18-11-10-16-8-5-9-17(16)12-18/h4,6-7,10-12,15H,5,8-9H2,1-3H3/t15-/m0/s1. The second-order valence-electron chi connectivity index (χ2n) is 7.08. The lowest BCUT2D eigenvalue weighted by molar-refractivity contribution is 0.0993. The van der Waals surface area contributed by atoms with Gasteiger partial charge in [-0.2, -0.15) is 4.68 Å². The molecule has 0 unspecified atom stereocenters. The van der Waals surface area contributed by atoms with E-state index in [-0.39, 0.29) is 11.0 Å². The Kier molecular flexibility index (Phi) is 4.83. The molecule has 0 fully saturated rings. The molecule has 1 atom stereocenters. The predicted octanol–water partition coefficient (Wildman–Crippen LogP) is 4.13. The Morgan fingerprint density at radius 1 is 1.11 bits per heavy atom. The second kappa shape index (κ2) is 7.27. The van der Waals surface area contributed by atoms with Gasteiger partial charge in [0, 0.05) is 5.56 Å². The van der Waals surface area contributed by atoms with E-state index >= 15 is 0 Å². The summed E-state index contributed by atoms with van der Waals surface area (Å²) in [5.74, 6) is 0.116. The number of Topliss-reactive ketones (excluding diaryl/α,β-unsaturated/α-hetero) is 1. The molecule has 0 bridgehead atoms. The van der Waals surface area contributed by atoms with Crippen molar-refractivity contribution < 1.29 is 4.79 Å². The van der Waals surface area contributed by atoms with Crippen molar-refractivity contribution in [2.75, 3.05) is 0 Å². The number of aromatic nitrogens is 4. The fraction of sp³-hybridized carbons (Fsp3) is 0.333. The van der Waals surface area contributed by atoms with Crippen molar-refractivity contribution in [2.24, 2.45) is 0 Å². The SMILES string of the molecule is Cc1cccc(C)c1-n1nnnc1S[C@@H](C)C(=O)c1ccc2c(c1)CCC2. The van der Waals surface area contributed by atoms with Crippen molar-refractivity contribution in [3.8, 4) is 5.69 Å². The highest BCUT2D eigenvalue weighted by molar-refractivity contribution is 8.00. The Balaban J connectivity index is 1.58. The van der Waals surface area contributed by atoms with E-state index in [9.17, 15) is 4.79 Å². The summed E-state index contributed by atoms with van der Waals surface area (Å²) in [6.07, 6.45) is 3.38. The summed E-state index contributed by atoms with van der Waals surface area (Å²) in [4.78, 5) is 13.0. The largest absolute Gasteiger partial charge is 0.293 e. The number of hydrogen-bond acceptors (Lipinski definition) is 5. The van der Waals surface area contributed by atoms with Crippen molar-refractivity contribution >= 4 is 17.5 Å². The normalized spacial score (nSPS) is 14.2. The quantitative estimate of drug-likeness (QED) is 0.493. The van der Waals surface area contributed by atoms with Gasteiger partial charge in [-0.15, -0.1) is 5.10 Å². The van der Waals surface area contributed by atoms with Gasteiger partial charge < -0.3 is 0 Å². The molecule has 0 saturated carbocycles. The molecule has 2 aromatic carbocycles. The van der Waals surface area contributed by atoms with Gasteiger partial charge in [0.05, 0.1) is 10.9 Å². The molecule has 6 heteroatoms. The average Bonchev–Trinajstić information content (AvgIpc) is 3.30. The van der Waals surface area contributed by atoms with Gasteiger partial charge in [0.15, 0.2) is 5.78 Å². The van der Waals surface area contributed by atoms with Crippen molar-refractivity contribution in [1.29, 1.82) is 0 Å². The van der Waals surface area contributed by atoms with E-state index in [4.69, 9.17) is 0 Å². The Morgan fingerprint density at radius 3 is 2.63 bits per heavy atom. The Morgan fingerprint density at radius 2 is 1.85 bits per heavy atom. The van der Waals surface area contributed by atoms with Gasteiger partial charge in [0.25, 0.3) is 0 Å². The molecular weight excluding hydrogens is 356 g/mol. The topological polar surface area (TPSA) is 60.7 Å². The highest BCUT2D eigenvalue weighted by Crippen LogP contribution is 2.29. The summed E-state index contributed by atoms with van der Waals surface area (Å²) >= 11 is 1.40. The number of aryl methyl sites for hydroxylation is 4. The molecule has 4 rings (SSSR count). The van der Waals surface area contributed by atoms with E-state index in [1.54, 1.807) is 4.68 Å². The van der Waals surface area contributed by atoms with Crippen LogP contribution in [-0.4, -0.2) is 31.2 Å². The Labute approximate surface area is 163 Å². The lowest BCUT2D eigenvalue weighted by atomic mass is 10.0. The first-order valence-electron chi connectivity index (χ1n) is 9.22. The zero-order chi connectivity index (χ0) is 19.0. The molecule has 0 saturated heterocycles. The number of fused-ring (bicyclic) bond motifs is 1. The molecule has 1 aliphatic carbocycles. The molecule has 0 N–H and O–H groups in total. The molecule has 1 aromatic heterocycles. The minimum Gasteiger partial charge on any atom is -0.293 e. The van der Waals surface area contributed by atoms with Crippen molar-refractivity contribution in [3.05, 3.63) is 64.2 Å². The molecule has 0 aliphatic heterocycles. The molecule has 0 amide bonds. The lowest BCUT2D eigenvalue weighted by Gasteiger charge is -2.13. The minimum atomic E-state index is -0.265. The van der Waals surface area contributed by atoms with Crippen LogP contribution in [0.4, 0.5) is 0 Å². The maximum absolute atomic E-state index is 13.0. The number of ketones is 1. The van der Waals surface area contributed by atoms with E-state index in [0.29, 0.717) is 5.16 Å². The number of carbonyl (C=O) groups is 1. The number of tetrazole rings is 1. The Bertz CT molecular complexity index is 991. The summed E-state index contributed by atoms with van der Waals surface area (Å²) < 4.78 is 1.74. The zero-order valence-electron chi connectivity index (χ0n) is 15.8. The number of para-hydroxylation sites is 1. The molecule has 1 heterocycles. The lowest BCUT2D eigenvalue weighted by Crippen LogP contribution is -2.15. The third kappa shape index (κ3) is 3.41. The molecule has 3 aromatic rings. The van der Waals surface area contributed by atoms with Crippen molar-refractivity contribution in [1.82, 2.24) is 20.2 Å². The van der Waals surface area contributed by atoms with E-state index in [2.05, 4.69) is 27.7 Å². The molecule has 0 spiro atoms. The second-order valence-corrected chi connectivity index (χ2v) is 8.38. The van der Waals surface area contributed by atoms with E-state index < -0.39 is 0 Å². The summed E-state index contributed by atoms with van der Waals surface area (Å²) in [6, 6.07) is 12.2. The van der Waals surface area contributed by atoms with Crippen LogP contribution in [0.2, 0.25) is 0 Å². The van der Waals surface area contributed by atoms with E-state index in [1.165, 1.54) is 29.3 Å². The van der Waals surface area contributed by atoms with E-state index in [0.717, 1.165) is 35.2 Å². The predicted molar refractivity (Wildman–Crippen MR) is 107 cm³/mol. The number of rotatable bonds is 5. The van der Waals surface area contributed by atoms with Crippen LogP contribution in [0.3, 0.4) is 0 Å². The first-order valence-corrected chi connectivity index (χ1v) is 10.1. The molecule has 1 aliphatic rings. The van der Waals surface area contributed by atoms with Gasteiger partial charge in [0.1, 0.15) is 0 Å². The number of nitrogens with zero attached hydrogens (tertiary/aromatic N) is 4. The molecular formula is C21H22N4OS. The van der Waals surface area contributed by atoms with Crippen LogP contribution in [-0.2, 0) is 12.8 Å². The number of carbonyl (C=O) groups excluding carboxylic acids is 1. The Hall–Kier alpha value is -2.47. The number of thioether (sulfide) groups is 1. The van der Waals surface area contributed by atoms with Crippen LogP contribution < -0.4 is 0 Å². The van der Waals surface area contributed by atoms with Crippen LogP contribution in [0.25, 0.3) is 5.69 Å². The van der Waals surface area contributed by atoms with Gasteiger partial charge in [-0.25, -0.2) is 0 Å². The van der Waals surface area contributed by atoms with Crippen LogP contribution >= 0.6 is 11.8 Å². The summed E-state index contributed by atoms with van der Waals surface area (Å²) in [5, 5.41) is 12.5. The maximum Gasteiger partial charge on any atom is 0.214 e. The van der Waals surface area contributed by atoms with Crippen LogP contribution in [0.15, 0.2) is 41.6 Å². The fourth-order valence-corrected chi connectivity index (χ4v) is 4.57. The maximum atomic E-state index is 13.0. The first-order chi connectivity index (χ1) is 13.0. The van der Waals surface area contributed by atoms with Gasteiger partial charge in [0.2, 0.25) is 5.16 Å². The van der Waals surface area contributed by atoms with Crippen molar-refractivity contribution in [3.63, 3.8) is 0 Å². The summed E-state index contributed by atoms with van der Waals surface area (Å²) in [5.41, 5.74) is 6.65. The van der Waals surface area contributed by atoms with Crippen molar-refractivity contribution in [2.45, 2.75) is 50.4 Å². The third-order valence-corrected chi connectivity index (χ3v) is 6.16. The average molecular weight is 379 g/mol. The molecule has 138 valence electrons. The number of benzene rings is 2. The summed E-state index contributed by atoms with van der Waals surface area (Å²) in [6.45, 7) is 6.00. The first kappa shape index (κ1) is 17.9. The van der Waals surface area contributed by atoms with Gasteiger partial charge in [-0.1, -0.05) is 42.1 Å². The van der Waals surface area contributed by atoms with Crippen LogP contribution in [0.1, 0.15) is 46.0 Å². The zero-order valence-corrected chi connectivity index (χ0v) is 16.6. The van der Waals surface area contributed by atoms with Crippen LogP contribution in [0.5, 0.6) is 0 Å².